The molecule has 0 aliphatic carbocycles. The first-order valence-corrected chi connectivity index (χ1v) is 10.2. The first-order valence-electron chi connectivity index (χ1n) is 10.2. The minimum Gasteiger partial charge on any atom is -0.372 e. The predicted molar refractivity (Wildman–Crippen MR) is 117 cm³/mol. The highest BCUT2D eigenvalue weighted by molar-refractivity contribution is 5.99. The van der Waals surface area contributed by atoms with Crippen molar-refractivity contribution in [3.05, 3.63) is 77.2 Å². The predicted octanol–water partition coefficient (Wildman–Crippen LogP) is 3.14. The normalized spacial score (nSPS) is 15.6. The van der Waals surface area contributed by atoms with Gasteiger partial charge in [-0.3, -0.25) is 9.20 Å². The van der Waals surface area contributed by atoms with Crippen LogP contribution in [-0.2, 0) is 17.7 Å². The Hall–Kier alpha value is -3.78. The van der Waals surface area contributed by atoms with Gasteiger partial charge in [-0.2, -0.15) is 0 Å². The SMILES string of the molecule is CC1OCCc2c(NCc3ccccc3)nc(-c3ncc4c(C(N)=O)cccn34)nc21. The first kappa shape index (κ1) is 19.2. The van der Waals surface area contributed by atoms with Gasteiger partial charge < -0.3 is 15.8 Å². The van der Waals surface area contributed by atoms with Gasteiger partial charge in [0.05, 0.1) is 35.7 Å². The lowest BCUT2D eigenvalue weighted by Crippen LogP contribution is -2.20. The van der Waals surface area contributed by atoms with Crippen LogP contribution in [0.3, 0.4) is 0 Å². The third-order valence-electron chi connectivity index (χ3n) is 5.48. The average molecular weight is 414 g/mol. The Bertz CT molecular complexity index is 1270. The Labute approximate surface area is 179 Å². The van der Waals surface area contributed by atoms with Crippen LogP contribution in [0.5, 0.6) is 0 Å². The van der Waals surface area contributed by atoms with Crippen molar-refractivity contribution in [3.63, 3.8) is 0 Å². The quantitative estimate of drug-likeness (QED) is 0.520. The number of nitrogens with zero attached hydrogens (tertiary/aromatic N) is 4. The van der Waals surface area contributed by atoms with Crippen molar-refractivity contribution in [2.45, 2.75) is 26.0 Å². The van der Waals surface area contributed by atoms with E-state index in [0.717, 1.165) is 29.1 Å². The molecule has 8 heteroatoms. The van der Waals surface area contributed by atoms with Gasteiger partial charge in [0, 0.05) is 24.7 Å². The zero-order valence-electron chi connectivity index (χ0n) is 17.1. The number of primary amides is 1. The smallest absolute Gasteiger partial charge is 0.250 e. The molecule has 4 aromatic rings. The number of amides is 1. The summed E-state index contributed by atoms with van der Waals surface area (Å²) in [7, 11) is 0. The molecule has 0 saturated heterocycles. The van der Waals surface area contributed by atoms with Gasteiger partial charge in [-0.1, -0.05) is 30.3 Å². The Balaban J connectivity index is 1.61. The number of ether oxygens (including phenoxy) is 1. The fourth-order valence-corrected chi connectivity index (χ4v) is 3.92. The summed E-state index contributed by atoms with van der Waals surface area (Å²) in [5.41, 5.74) is 9.62. The highest BCUT2D eigenvalue weighted by Gasteiger charge is 2.25. The molecule has 1 aliphatic heterocycles. The number of nitrogens with two attached hydrogens (primary N) is 1. The maximum Gasteiger partial charge on any atom is 0.250 e. The molecule has 5 rings (SSSR count). The second-order valence-corrected chi connectivity index (χ2v) is 7.48. The highest BCUT2D eigenvalue weighted by Crippen LogP contribution is 2.32. The molecule has 0 radical (unpaired) electrons. The van der Waals surface area contributed by atoms with E-state index in [1.165, 1.54) is 0 Å². The van der Waals surface area contributed by atoms with E-state index in [4.69, 9.17) is 20.4 Å². The number of aromatic nitrogens is 4. The van der Waals surface area contributed by atoms with Gasteiger partial charge in [-0.25, -0.2) is 15.0 Å². The lowest BCUT2D eigenvalue weighted by atomic mass is 10.0. The average Bonchev–Trinajstić information content (AvgIpc) is 3.22. The lowest BCUT2D eigenvalue weighted by molar-refractivity contribution is 0.0521. The summed E-state index contributed by atoms with van der Waals surface area (Å²) in [5, 5.41) is 3.47. The summed E-state index contributed by atoms with van der Waals surface area (Å²) in [6.07, 6.45) is 4.04. The van der Waals surface area contributed by atoms with E-state index in [9.17, 15) is 4.79 Å². The molecule has 1 aliphatic rings. The van der Waals surface area contributed by atoms with Crippen molar-refractivity contribution in [2.24, 2.45) is 5.73 Å². The summed E-state index contributed by atoms with van der Waals surface area (Å²) >= 11 is 0. The largest absolute Gasteiger partial charge is 0.372 e. The monoisotopic (exact) mass is 414 g/mol. The second kappa shape index (κ2) is 7.81. The number of fused-ring (bicyclic) bond motifs is 2. The molecule has 4 heterocycles. The Morgan fingerprint density at radius 2 is 2.06 bits per heavy atom. The number of hydrogen-bond donors (Lipinski definition) is 2. The number of carbonyl (C=O) groups is 1. The van der Waals surface area contributed by atoms with Gasteiger partial charge in [-0.15, -0.1) is 0 Å². The van der Waals surface area contributed by atoms with Gasteiger partial charge in [0.2, 0.25) is 0 Å². The molecule has 1 atom stereocenters. The number of benzene rings is 1. The zero-order chi connectivity index (χ0) is 21.4. The van der Waals surface area contributed by atoms with Crippen molar-refractivity contribution in [1.82, 2.24) is 19.4 Å². The molecule has 3 N–H and O–H groups in total. The molecule has 1 amide bonds. The highest BCUT2D eigenvalue weighted by atomic mass is 16.5. The summed E-state index contributed by atoms with van der Waals surface area (Å²) in [4.78, 5) is 25.9. The third-order valence-corrected chi connectivity index (χ3v) is 5.48. The first-order chi connectivity index (χ1) is 15.1. The number of rotatable bonds is 5. The van der Waals surface area contributed by atoms with Gasteiger partial charge in [-0.05, 0) is 24.6 Å². The lowest BCUT2D eigenvalue weighted by Gasteiger charge is -2.24. The molecule has 1 unspecified atom stereocenters. The van der Waals surface area contributed by atoms with Crippen LogP contribution in [0.25, 0.3) is 17.2 Å². The Kier molecular flexibility index (Phi) is 4.83. The van der Waals surface area contributed by atoms with Crippen molar-refractivity contribution in [2.75, 3.05) is 11.9 Å². The number of nitrogens with one attached hydrogen (secondary N) is 1. The van der Waals surface area contributed by atoms with E-state index in [2.05, 4.69) is 22.4 Å². The van der Waals surface area contributed by atoms with E-state index in [1.54, 1.807) is 22.7 Å². The molecule has 0 saturated carbocycles. The van der Waals surface area contributed by atoms with Gasteiger partial charge in [0.1, 0.15) is 5.82 Å². The van der Waals surface area contributed by atoms with Crippen LogP contribution in [0.1, 0.15) is 40.2 Å². The Morgan fingerprint density at radius 1 is 1.23 bits per heavy atom. The van der Waals surface area contributed by atoms with E-state index in [1.807, 2.05) is 31.3 Å². The van der Waals surface area contributed by atoms with Crippen molar-refractivity contribution < 1.29 is 9.53 Å². The fraction of sp³-hybridized carbons (Fsp3) is 0.217. The maximum atomic E-state index is 11.8. The summed E-state index contributed by atoms with van der Waals surface area (Å²) < 4.78 is 7.61. The maximum absolute atomic E-state index is 11.8. The molecule has 0 spiro atoms. The van der Waals surface area contributed by atoms with Gasteiger partial charge in [0.25, 0.3) is 5.91 Å². The molecule has 8 nitrogen and oxygen atoms in total. The molecular formula is C23H22N6O2. The summed E-state index contributed by atoms with van der Waals surface area (Å²) in [6, 6.07) is 13.6. The van der Waals surface area contributed by atoms with Crippen molar-refractivity contribution in [1.29, 1.82) is 0 Å². The molecule has 3 aromatic heterocycles. The van der Waals surface area contributed by atoms with Crippen LogP contribution in [0, 0.1) is 0 Å². The molecule has 1 aromatic carbocycles. The number of hydrogen-bond acceptors (Lipinski definition) is 6. The number of anilines is 1. The molecular weight excluding hydrogens is 392 g/mol. The van der Waals surface area contributed by atoms with Crippen LogP contribution < -0.4 is 11.1 Å². The second-order valence-electron chi connectivity index (χ2n) is 7.48. The number of pyridine rings is 1. The van der Waals surface area contributed by atoms with Crippen LogP contribution in [0.15, 0.2) is 54.9 Å². The minimum atomic E-state index is -0.504. The topological polar surface area (TPSA) is 107 Å². The van der Waals surface area contributed by atoms with Crippen molar-refractivity contribution >= 4 is 17.2 Å². The summed E-state index contributed by atoms with van der Waals surface area (Å²) in [6.45, 7) is 3.27. The van der Waals surface area contributed by atoms with Crippen molar-refractivity contribution in [3.8, 4) is 11.6 Å². The molecule has 0 fully saturated rings. The zero-order valence-corrected chi connectivity index (χ0v) is 17.1. The van der Waals surface area contributed by atoms with Gasteiger partial charge >= 0.3 is 0 Å². The summed E-state index contributed by atoms with van der Waals surface area (Å²) in [5.74, 6) is 1.28. The molecule has 0 bridgehead atoms. The van der Waals surface area contributed by atoms with Crippen LogP contribution in [-0.4, -0.2) is 31.9 Å². The van der Waals surface area contributed by atoms with E-state index < -0.39 is 5.91 Å². The number of imidazole rings is 1. The van der Waals surface area contributed by atoms with Crippen LogP contribution in [0.4, 0.5) is 5.82 Å². The van der Waals surface area contributed by atoms with E-state index in [0.29, 0.717) is 35.9 Å². The Morgan fingerprint density at radius 3 is 2.87 bits per heavy atom. The van der Waals surface area contributed by atoms with Crippen LogP contribution >= 0.6 is 0 Å². The van der Waals surface area contributed by atoms with Crippen LogP contribution in [0.2, 0.25) is 0 Å². The minimum absolute atomic E-state index is 0.143. The fourth-order valence-electron chi connectivity index (χ4n) is 3.92. The molecule has 156 valence electrons. The van der Waals surface area contributed by atoms with Gasteiger partial charge in [0.15, 0.2) is 11.6 Å². The molecule has 31 heavy (non-hydrogen) atoms. The van der Waals surface area contributed by atoms with E-state index in [-0.39, 0.29) is 6.10 Å². The standard InChI is InChI=1S/C23H22N6O2/c1-14-19-17(9-11-31-14)21(25-12-15-6-3-2-4-7-15)28-22(27-19)23-26-13-18-16(20(24)30)8-5-10-29(18)23/h2-8,10,13-14H,9,11-12H2,1H3,(H2,24,30)(H,25,27,28). The third kappa shape index (κ3) is 3.51. The number of carbonyl (C=O) groups excluding carboxylic acids is 1. The van der Waals surface area contributed by atoms with E-state index >= 15 is 0 Å².